The number of rotatable bonds is 5. The van der Waals surface area contributed by atoms with E-state index >= 15 is 0 Å². The number of pyridine rings is 1. The summed E-state index contributed by atoms with van der Waals surface area (Å²) in [5.74, 6) is 0.874. The fourth-order valence-electron chi connectivity index (χ4n) is 3.93. The zero-order valence-corrected chi connectivity index (χ0v) is 16.5. The summed E-state index contributed by atoms with van der Waals surface area (Å²) in [6.07, 6.45) is 5.61. The first-order chi connectivity index (χ1) is 14.3. The molecule has 1 aliphatic rings. The zero-order valence-electron chi connectivity index (χ0n) is 15.7. The van der Waals surface area contributed by atoms with Crippen molar-refractivity contribution < 1.29 is 4.42 Å². The molecule has 1 N–H and O–H groups in total. The number of furan rings is 1. The van der Waals surface area contributed by atoms with Gasteiger partial charge in [0.1, 0.15) is 5.76 Å². The third kappa shape index (κ3) is 3.32. The Labute approximate surface area is 174 Å². The highest BCUT2D eigenvalue weighted by atomic mass is 32.1. The number of nitrogens with one attached hydrogen (secondary N) is 1. The van der Waals surface area contributed by atoms with Gasteiger partial charge >= 0.3 is 0 Å². The van der Waals surface area contributed by atoms with Crippen molar-refractivity contribution in [3.63, 3.8) is 0 Å². The lowest BCUT2D eigenvalue weighted by atomic mass is 10.0. The van der Waals surface area contributed by atoms with Crippen molar-refractivity contribution in [2.75, 3.05) is 0 Å². The minimum absolute atomic E-state index is 0.0299. The van der Waals surface area contributed by atoms with Crippen LogP contribution in [0.2, 0.25) is 0 Å². The van der Waals surface area contributed by atoms with E-state index in [1.54, 1.807) is 6.26 Å². The molecule has 0 saturated carbocycles. The molecule has 4 aromatic rings. The smallest absolute Gasteiger partial charge is 0.170 e. The van der Waals surface area contributed by atoms with Gasteiger partial charge in [-0.2, -0.15) is 0 Å². The Bertz CT molecular complexity index is 1090. The molecule has 6 heteroatoms. The van der Waals surface area contributed by atoms with Crippen LogP contribution < -0.4 is 5.32 Å². The SMILES string of the molecule is S=C1N[C@@H](c2ccccn2)[C@H](c2cccn2-c2ccccc2)N1Cc1ccco1. The van der Waals surface area contributed by atoms with Gasteiger partial charge in [-0.05, 0) is 60.7 Å². The lowest BCUT2D eigenvalue weighted by Gasteiger charge is -2.28. The van der Waals surface area contributed by atoms with Crippen LogP contribution in [0.15, 0.2) is 95.9 Å². The van der Waals surface area contributed by atoms with Crippen LogP contribution in [0.25, 0.3) is 5.69 Å². The van der Waals surface area contributed by atoms with Crippen molar-refractivity contribution >= 4 is 17.3 Å². The lowest BCUT2D eigenvalue weighted by Crippen LogP contribution is -2.29. The van der Waals surface area contributed by atoms with E-state index in [1.165, 1.54) is 0 Å². The summed E-state index contributed by atoms with van der Waals surface area (Å²) in [5, 5.41) is 4.19. The first kappa shape index (κ1) is 17.7. The highest BCUT2D eigenvalue weighted by Crippen LogP contribution is 2.40. The quantitative estimate of drug-likeness (QED) is 0.495. The number of hydrogen-bond donors (Lipinski definition) is 1. The zero-order chi connectivity index (χ0) is 19.6. The van der Waals surface area contributed by atoms with Gasteiger partial charge < -0.3 is 19.2 Å². The van der Waals surface area contributed by atoms with E-state index in [0.717, 1.165) is 22.8 Å². The van der Waals surface area contributed by atoms with Gasteiger partial charge in [0.15, 0.2) is 5.11 Å². The Kier molecular flexibility index (Phi) is 4.62. The summed E-state index contributed by atoms with van der Waals surface area (Å²) in [5.41, 5.74) is 3.22. The van der Waals surface area contributed by atoms with Gasteiger partial charge in [0.2, 0.25) is 0 Å². The lowest BCUT2D eigenvalue weighted by molar-refractivity contribution is 0.280. The summed E-state index contributed by atoms with van der Waals surface area (Å²) < 4.78 is 7.83. The third-order valence-corrected chi connectivity index (χ3v) is 5.57. The van der Waals surface area contributed by atoms with Crippen molar-refractivity contribution in [1.82, 2.24) is 19.8 Å². The minimum Gasteiger partial charge on any atom is -0.467 e. The summed E-state index contributed by atoms with van der Waals surface area (Å²) in [6.45, 7) is 0.590. The monoisotopic (exact) mass is 400 g/mol. The molecule has 144 valence electrons. The maximum Gasteiger partial charge on any atom is 0.170 e. The van der Waals surface area contributed by atoms with Crippen LogP contribution in [0.1, 0.15) is 29.2 Å². The molecule has 0 amide bonds. The predicted octanol–water partition coefficient (Wildman–Crippen LogP) is 4.64. The van der Waals surface area contributed by atoms with Crippen LogP contribution in [0, 0.1) is 0 Å². The van der Waals surface area contributed by atoms with Gasteiger partial charge in [0.25, 0.3) is 0 Å². The van der Waals surface area contributed by atoms with Crippen LogP contribution in [-0.4, -0.2) is 19.6 Å². The molecule has 1 fully saturated rings. The summed E-state index contributed by atoms with van der Waals surface area (Å²) in [4.78, 5) is 6.79. The number of hydrogen-bond acceptors (Lipinski definition) is 3. The van der Waals surface area contributed by atoms with Crippen LogP contribution in [0.5, 0.6) is 0 Å². The predicted molar refractivity (Wildman–Crippen MR) is 115 cm³/mol. The van der Waals surface area contributed by atoms with Gasteiger partial charge in [-0.1, -0.05) is 24.3 Å². The standard InChI is InChI=1S/C23H20N4OS/c29-23-25-21(19-11-4-5-13-24-19)22(27(23)16-18-10-7-15-28-18)20-12-6-14-26(20)17-8-2-1-3-9-17/h1-15,21-22H,16H2,(H,25,29)/t21-,22-/m0/s1. The van der Waals surface area contributed by atoms with Crippen LogP contribution in [-0.2, 0) is 6.54 Å². The molecule has 2 atom stereocenters. The van der Waals surface area contributed by atoms with E-state index in [4.69, 9.17) is 16.6 Å². The van der Waals surface area contributed by atoms with E-state index in [-0.39, 0.29) is 12.1 Å². The van der Waals surface area contributed by atoms with E-state index in [0.29, 0.717) is 11.7 Å². The average Bonchev–Trinajstić information content (AvgIpc) is 3.51. The molecule has 1 aliphatic heterocycles. The molecule has 5 nitrogen and oxygen atoms in total. The Hall–Kier alpha value is -3.38. The number of aromatic nitrogens is 2. The van der Waals surface area contributed by atoms with Crippen molar-refractivity contribution in [2.24, 2.45) is 0 Å². The van der Waals surface area contributed by atoms with E-state index in [2.05, 4.69) is 50.2 Å². The van der Waals surface area contributed by atoms with Crippen molar-refractivity contribution in [2.45, 2.75) is 18.6 Å². The highest BCUT2D eigenvalue weighted by molar-refractivity contribution is 7.80. The molecule has 0 spiro atoms. The molecule has 1 aromatic carbocycles. The summed E-state index contributed by atoms with van der Waals surface area (Å²) >= 11 is 5.74. The molecule has 3 aromatic heterocycles. The van der Waals surface area contributed by atoms with Crippen LogP contribution >= 0.6 is 12.2 Å². The highest BCUT2D eigenvalue weighted by Gasteiger charge is 2.41. The first-order valence-electron chi connectivity index (χ1n) is 9.54. The Morgan fingerprint density at radius 2 is 1.83 bits per heavy atom. The van der Waals surface area contributed by atoms with Gasteiger partial charge in [0, 0.05) is 23.8 Å². The molecule has 0 radical (unpaired) electrons. The minimum atomic E-state index is -0.0592. The van der Waals surface area contributed by atoms with E-state index < -0.39 is 0 Å². The second kappa shape index (κ2) is 7.56. The molecule has 4 heterocycles. The summed E-state index contributed by atoms with van der Waals surface area (Å²) in [7, 11) is 0. The fourth-order valence-corrected chi connectivity index (χ4v) is 4.23. The average molecular weight is 401 g/mol. The topological polar surface area (TPSA) is 46.2 Å². The summed E-state index contributed by atoms with van der Waals surface area (Å²) in [6, 6.07) is 24.3. The maximum atomic E-state index is 5.74. The van der Waals surface area contributed by atoms with Crippen molar-refractivity contribution in [3.05, 3.63) is 109 Å². The van der Waals surface area contributed by atoms with Gasteiger partial charge in [0.05, 0.1) is 30.6 Å². The Balaban J connectivity index is 1.61. The number of nitrogens with zero attached hydrogens (tertiary/aromatic N) is 3. The van der Waals surface area contributed by atoms with Gasteiger partial charge in [-0.15, -0.1) is 0 Å². The van der Waals surface area contributed by atoms with Gasteiger partial charge in [-0.25, -0.2) is 0 Å². The fraction of sp³-hybridized carbons (Fsp3) is 0.130. The largest absolute Gasteiger partial charge is 0.467 e. The second-order valence-electron chi connectivity index (χ2n) is 6.97. The van der Waals surface area contributed by atoms with Crippen LogP contribution in [0.3, 0.4) is 0 Å². The number of para-hydroxylation sites is 1. The number of thiocarbonyl (C=S) groups is 1. The maximum absolute atomic E-state index is 5.74. The molecule has 1 saturated heterocycles. The third-order valence-electron chi connectivity index (χ3n) is 5.22. The second-order valence-corrected chi connectivity index (χ2v) is 7.36. The molecule has 0 aliphatic carbocycles. The Morgan fingerprint density at radius 3 is 2.59 bits per heavy atom. The van der Waals surface area contributed by atoms with Crippen molar-refractivity contribution in [1.29, 1.82) is 0 Å². The van der Waals surface area contributed by atoms with E-state index in [1.807, 2.05) is 54.7 Å². The normalized spacial score (nSPS) is 18.8. The van der Waals surface area contributed by atoms with E-state index in [9.17, 15) is 0 Å². The molecule has 0 unspecified atom stereocenters. The first-order valence-corrected chi connectivity index (χ1v) is 9.95. The number of benzene rings is 1. The van der Waals surface area contributed by atoms with Crippen molar-refractivity contribution in [3.8, 4) is 5.69 Å². The Morgan fingerprint density at radius 1 is 0.966 bits per heavy atom. The molecule has 0 bridgehead atoms. The van der Waals surface area contributed by atoms with Gasteiger partial charge in [-0.3, -0.25) is 4.98 Å². The van der Waals surface area contributed by atoms with Crippen LogP contribution in [0.4, 0.5) is 0 Å². The molecular formula is C23H20N4OS. The molecule has 29 heavy (non-hydrogen) atoms. The molecular weight excluding hydrogens is 380 g/mol. The molecule has 5 rings (SSSR count).